The minimum atomic E-state index is -0.912. The second kappa shape index (κ2) is 8.77. The van der Waals surface area contributed by atoms with E-state index >= 15 is 0 Å². The summed E-state index contributed by atoms with van der Waals surface area (Å²) in [6.07, 6.45) is 7.83. The molecule has 1 N–H and O–H groups in total. The highest BCUT2D eigenvalue weighted by atomic mass is 32.1. The van der Waals surface area contributed by atoms with Gasteiger partial charge in [0.05, 0.1) is 17.5 Å². The van der Waals surface area contributed by atoms with Gasteiger partial charge in [-0.2, -0.15) is 5.10 Å². The Morgan fingerprint density at radius 1 is 1.33 bits per heavy atom. The minimum Gasteiger partial charge on any atom is -0.478 e. The third kappa shape index (κ3) is 4.52. The number of benzene rings is 1. The molecule has 0 fully saturated rings. The van der Waals surface area contributed by atoms with Gasteiger partial charge in [-0.1, -0.05) is 43.3 Å². The number of carboxylic acids is 1. The van der Waals surface area contributed by atoms with Crippen molar-refractivity contribution < 1.29 is 9.90 Å². The summed E-state index contributed by atoms with van der Waals surface area (Å²) in [7, 11) is 0. The number of hydrogen-bond donors (Lipinski definition) is 1. The average molecular weight is 382 g/mol. The number of aromatic nitrogens is 1. The fourth-order valence-corrected chi connectivity index (χ4v) is 3.75. The Morgan fingerprint density at radius 2 is 2.11 bits per heavy atom. The Hall–Kier alpha value is -2.73. The lowest BCUT2D eigenvalue weighted by molar-refractivity contribution is -0.132. The van der Waals surface area contributed by atoms with Crippen LogP contribution < -0.4 is 5.01 Å². The van der Waals surface area contributed by atoms with E-state index in [1.165, 1.54) is 5.56 Å². The Balaban J connectivity index is 1.84. The number of aliphatic carboxylic acids is 1. The van der Waals surface area contributed by atoms with Crippen molar-refractivity contribution in [1.82, 2.24) is 4.98 Å². The first-order valence-corrected chi connectivity index (χ1v) is 9.95. The molecule has 0 saturated carbocycles. The molecule has 0 aliphatic heterocycles. The quantitative estimate of drug-likeness (QED) is 0.538. The van der Waals surface area contributed by atoms with Crippen molar-refractivity contribution in [2.75, 3.05) is 11.6 Å². The number of allylic oxidation sites excluding steroid dienone is 2. The number of aryl methyl sites for hydroxylation is 1. The number of thiazole rings is 1. The van der Waals surface area contributed by atoms with Crippen LogP contribution in [0, 0.1) is 6.92 Å². The molecule has 0 radical (unpaired) electrons. The van der Waals surface area contributed by atoms with E-state index in [2.05, 4.69) is 31.1 Å². The lowest BCUT2D eigenvalue weighted by Gasteiger charge is -2.16. The van der Waals surface area contributed by atoms with Crippen LogP contribution in [0.1, 0.15) is 31.7 Å². The van der Waals surface area contributed by atoms with E-state index in [1.54, 1.807) is 23.6 Å². The van der Waals surface area contributed by atoms with Crippen LogP contribution in [0.15, 0.2) is 58.0 Å². The van der Waals surface area contributed by atoms with Crippen LogP contribution in [0.2, 0.25) is 0 Å². The van der Waals surface area contributed by atoms with Crippen LogP contribution in [-0.2, 0) is 4.79 Å². The Bertz CT molecular complexity index is 912. The molecule has 6 heteroatoms. The van der Waals surface area contributed by atoms with Crippen molar-refractivity contribution in [2.45, 2.75) is 33.1 Å². The summed E-state index contributed by atoms with van der Waals surface area (Å²) in [5, 5.41) is 18.6. The van der Waals surface area contributed by atoms with Gasteiger partial charge in [0.2, 0.25) is 5.13 Å². The number of carbonyl (C=O) groups is 1. The highest BCUT2D eigenvalue weighted by Crippen LogP contribution is 2.29. The normalized spacial score (nSPS) is 14.1. The molecule has 0 unspecified atom stereocenters. The number of hydrazone groups is 1. The van der Waals surface area contributed by atoms with Crippen molar-refractivity contribution >= 4 is 28.7 Å². The van der Waals surface area contributed by atoms with E-state index in [0.29, 0.717) is 11.1 Å². The molecule has 1 heterocycles. The van der Waals surface area contributed by atoms with Gasteiger partial charge in [-0.15, -0.1) is 11.3 Å². The molecule has 1 aliphatic rings. The molecule has 27 heavy (non-hydrogen) atoms. The first-order chi connectivity index (χ1) is 13.1. The highest BCUT2D eigenvalue weighted by molar-refractivity contribution is 7.14. The number of anilines is 1. The van der Waals surface area contributed by atoms with E-state index < -0.39 is 5.97 Å². The van der Waals surface area contributed by atoms with E-state index in [4.69, 9.17) is 4.98 Å². The van der Waals surface area contributed by atoms with Gasteiger partial charge in [0, 0.05) is 23.1 Å². The van der Waals surface area contributed by atoms with Gasteiger partial charge in [0.15, 0.2) is 0 Å². The van der Waals surface area contributed by atoms with Gasteiger partial charge in [-0.25, -0.2) is 14.8 Å². The lowest BCUT2D eigenvalue weighted by Crippen LogP contribution is -2.18. The molecule has 5 nitrogen and oxygen atoms in total. The number of rotatable bonds is 7. The molecule has 1 aliphatic carbocycles. The van der Waals surface area contributed by atoms with Crippen LogP contribution in [0.25, 0.3) is 11.3 Å². The van der Waals surface area contributed by atoms with Gasteiger partial charge >= 0.3 is 5.97 Å². The fourth-order valence-electron chi connectivity index (χ4n) is 2.94. The average Bonchev–Trinajstić information content (AvgIpc) is 3.15. The molecule has 0 atom stereocenters. The molecular weight excluding hydrogens is 358 g/mol. The zero-order chi connectivity index (χ0) is 19.2. The Labute approximate surface area is 163 Å². The summed E-state index contributed by atoms with van der Waals surface area (Å²) in [6.45, 7) is 4.88. The zero-order valence-corrected chi connectivity index (χ0v) is 16.4. The van der Waals surface area contributed by atoms with Crippen molar-refractivity contribution in [3.05, 3.63) is 58.5 Å². The van der Waals surface area contributed by atoms with Crippen LogP contribution in [0.4, 0.5) is 5.13 Å². The van der Waals surface area contributed by atoms with Crippen LogP contribution >= 0.6 is 11.3 Å². The standard InChI is InChI=1S/C21H23N3O2S/c1-3-12-24(22-13-16-9-5-7-11-18(16)20(25)26)21-23-19(14-27-21)17-10-6-4-8-15(17)2/h4,6,8-11,13-14H,3,5,7,12H2,1-2H3,(H,25,26)/b22-13+. The maximum Gasteiger partial charge on any atom is 0.336 e. The maximum absolute atomic E-state index is 11.4. The van der Waals surface area contributed by atoms with Gasteiger partial charge in [-0.3, -0.25) is 0 Å². The Morgan fingerprint density at radius 3 is 2.85 bits per heavy atom. The molecule has 2 aromatic rings. The van der Waals surface area contributed by atoms with Gasteiger partial charge in [0.25, 0.3) is 0 Å². The first kappa shape index (κ1) is 19.0. The SMILES string of the molecule is CCCN(/N=C/C1=CCCC=C1C(=O)O)c1nc(-c2ccccc2C)cs1. The molecule has 0 amide bonds. The lowest BCUT2D eigenvalue weighted by atomic mass is 9.99. The number of hydrogen-bond acceptors (Lipinski definition) is 5. The number of nitrogens with zero attached hydrogens (tertiary/aromatic N) is 3. The van der Waals surface area contributed by atoms with Gasteiger partial charge < -0.3 is 5.11 Å². The molecule has 0 saturated heterocycles. The molecule has 0 spiro atoms. The predicted octanol–water partition coefficient (Wildman–Crippen LogP) is 5.05. The highest BCUT2D eigenvalue weighted by Gasteiger charge is 2.16. The van der Waals surface area contributed by atoms with E-state index in [9.17, 15) is 9.90 Å². The summed E-state index contributed by atoms with van der Waals surface area (Å²) in [5.74, 6) is -0.912. The second-order valence-electron chi connectivity index (χ2n) is 6.36. The van der Waals surface area contributed by atoms with Gasteiger partial charge in [-0.05, 0) is 31.7 Å². The number of carboxylic acid groups (broad SMARTS) is 1. The second-order valence-corrected chi connectivity index (χ2v) is 7.19. The van der Waals surface area contributed by atoms with Gasteiger partial charge in [0.1, 0.15) is 0 Å². The summed E-state index contributed by atoms with van der Waals surface area (Å²) >= 11 is 1.55. The van der Waals surface area contributed by atoms with Crippen LogP contribution in [0.5, 0.6) is 0 Å². The third-order valence-electron chi connectivity index (χ3n) is 4.33. The molecule has 3 rings (SSSR count). The zero-order valence-electron chi connectivity index (χ0n) is 15.6. The summed E-state index contributed by atoms with van der Waals surface area (Å²) in [5.41, 5.74) is 4.22. The maximum atomic E-state index is 11.4. The summed E-state index contributed by atoms with van der Waals surface area (Å²) < 4.78 is 0. The monoisotopic (exact) mass is 381 g/mol. The van der Waals surface area contributed by atoms with Crippen molar-refractivity contribution in [3.63, 3.8) is 0 Å². The van der Waals surface area contributed by atoms with Crippen LogP contribution in [0.3, 0.4) is 0 Å². The van der Waals surface area contributed by atoms with Crippen molar-refractivity contribution in [1.29, 1.82) is 0 Å². The molecule has 0 bridgehead atoms. The fraction of sp³-hybridized carbons (Fsp3) is 0.286. The third-order valence-corrected chi connectivity index (χ3v) is 5.18. The summed E-state index contributed by atoms with van der Waals surface area (Å²) in [6, 6.07) is 8.17. The summed E-state index contributed by atoms with van der Waals surface area (Å²) in [4.78, 5) is 16.2. The van der Waals surface area contributed by atoms with Crippen LogP contribution in [-0.4, -0.2) is 28.8 Å². The smallest absolute Gasteiger partial charge is 0.336 e. The minimum absolute atomic E-state index is 0.321. The van der Waals surface area contributed by atoms with Crippen molar-refractivity contribution in [2.24, 2.45) is 5.10 Å². The van der Waals surface area contributed by atoms with Crippen molar-refractivity contribution in [3.8, 4) is 11.3 Å². The molecule has 1 aromatic heterocycles. The van der Waals surface area contributed by atoms with E-state index in [0.717, 1.165) is 42.2 Å². The Kier molecular flexibility index (Phi) is 6.19. The van der Waals surface area contributed by atoms with E-state index in [-0.39, 0.29) is 0 Å². The largest absolute Gasteiger partial charge is 0.478 e. The molecule has 140 valence electrons. The topological polar surface area (TPSA) is 65.8 Å². The first-order valence-electron chi connectivity index (χ1n) is 9.07. The molecule has 1 aromatic carbocycles. The predicted molar refractivity (Wildman–Crippen MR) is 111 cm³/mol. The molecular formula is C21H23N3O2S. The van der Waals surface area contributed by atoms with E-state index in [1.807, 2.05) is 28.6 Å².